The van der Waals surface area contributed by atoms with Crippen molar-refractivity contribution in [3.8, 4) is 5.75 Å². The van der Waals surface area contributed by atoms with E-state index in [2.05, 4.69) is 34.3 Å². The fraction of sp³-hybridized carbons (Fsp3) is 0.579. The fourth-order valence-corrected chi connectivity index (χ4v) is 3.06. The lowest BCUT2D eigenvalue weighted by molar-refractivity contribution is 0.0915. The number of piperazine rings is 1. The van der Waals surface area contributed by atoms with Crippen LogP contribution in [-0.2, 0) is 11.2 Å². The second-order valence-electron chi connectivity index (χ2n) is 6.21. The summed E-state index contributed by atoms with van der Waals surface area (Å²) in [5, 5.41) is 3.41. The summed E-state index contributed by atoms with van der Waals surface area (Å²) in [6.07, 6.45) is 0.619. The Kier molecular flexibility index (Phi) is 7.56. The maximum atomic E-state index is 11.8. The van der Waals surface area contributed by atoms with E-state index in [1.54, 1.807) is 19.1 Å². The number of carbonyl (C=O) groups excluding carboxylic acids is 1. The van der Waals surface area contributed by atoms with Gasteiger partial charge in [-0.25, -0.2) is 4.79 Å². The molecule has 1 aromatic rings. The highest BCUT2D eigenvalue weighted by Crippen LogP contribution is 2.19. The molecule has 1 saturated heterocycles. The highest BCUT2D eigenvalue weighted by atomic mass is 16.6. The van der Waals surface area contributed by atoms with Gasteiger partial charge in [-0.15, -0.1) is 0 Å². The average molecular weight is 362 g/mol. The third-order valence-electron chi connectivity index (χ3n) is 4.43. The molecule has 0 aromatic heterocycles. The summed E-state index contributed by atoms with van der Waals surface area (Å²) in [7, 11) is 3.48. The number of carbonyl (C=O) groups is 1. The largest absolute Gasteiger partial charge is 0.496 e. The van der Waals surface area contributed by atoms with E-state index in [-0.39, 0.29) is 6.09 Å². The topological polar surface area (TPSA) is 66.4 Å². The first-order valence-electron chi connectivity index (χ1n) is 9.09. The molecule has 7 heteroatoms. The number of rotatable bonds is 5. The molecule has 26 heavy (non-hydrogen) atoms. The number of benzene rings is 1. The Morgan fingerprint density at radius 1 is 1.23 bits per heavy atom. The third-order valence-corrected chi connectivity index (χ3v) is 4.43. The van der Waals surface area contributed by atoms with Crippen LogP contribution in [0, 0.1) is 6.92 Å². The number of guanidine groups is 1. The molecular weight excluding hydrogens is 332 g/mol. The van der Waals surface area contributed by atoms with Crippen molar-refractivity contribution in [2.45, 2.75) is 20.3 Å². The molecule has 1 N–H and O–H groups in total. The zero-order valence-corrected chi connectivity index (χ0v) is 16.2. The SMILES string of the molecule is CCOC(=O)N1CCN(C(=NC)NCCc2cc(C)ccc2OC)CC1. The summed E-state index contributed by atoms with van der Waals surface area (Å²) in [5.74, 6) is 1.77. The number of amides is 1. The summed E-state index contributed by atoms with van der Waals surface area (Å²) in [6, 6.07) is 6.22. The summed E-state index contributed by atoms with van der Waals surface area (Å²) in [4.78, 5) is 20.1. The average Bonchev–Trinajstić information content (AvgIpc) is 2.66. The standard InChI is InChI=1S/C19H30N4O3/c1-5-26-19(24)23-12-10-22(11-13-23)18(20-3)21-9-8-16-14-15(2)6-7-17(16)25-4/h6-7,14H,5,8-13H2,1-4H3,(H,20,21). The first-order chi connectivity index (χ1) is 12.6. The zero-order valence-electron chi connectivity index (χ0n) is 16.2. The van der Waals surface area contributed by atoms with Gasteiger partial charge in [-0.3, -0.25) is 4.99 Å². The van der Waals surface area contributed by atoms with Gasteiger partial charge in [-0.2, -0.15) is 0 Å². The number of aryl methyl sites for hydroxylation is 1. The van der Waals surface area contributed by atoms with Crippen LogP contribution < -0.4 is 10.1 Å². The van der Waals surface area contributed by atoms with Crippen LogP contribution in [0.5, 0.6) is 5.75 Å². The van der Waals surface area contributed by atoms with Gasteiger partial charge in [-0.05, 0) is 31.9 Å². The van der Waals surface area contributed by atoms with Gasteiger partial charge in [0.1, 0.15) is 5.75 Å². The maximum Gasteiger partial charge on any atom is 0.409 e. The number of methoxy groups -OCH3 is 1. The monoisotopic (exact) mass is 362 g/mol. The van der Waals surface area contributed by atoms with Crippen LogP contribution in [0.4, 0.5) is 4.79 Å². The Bertz CT molecular complexity index is 625. The number of ether oxygens (including phenoxy) is 2. The summed E-state index contributed by atoms with van der Waals surface area (Å²) in [6.45, 7) is 7.85. The Morgan fingerprint density at radius 2 is 1.92 bits per heavy atom. The van der Waals surface area contributed by atoms with Crippen LogP contribution in [0.15, 0.2) is 23.2 Å². The second-order valence-corrected chi connectivity index (χ2v) is 6.21. The van der Waals surface area contributed by atoms with E-state index in [0.29, 0.717) is 19.7 Å². The molecule has 0 spiro atoms. The van der Waals surface area contributed by atoms with E-state index in [1.807, 2.05) is 13.0 Å². The Hall–Kier alpha value is -2.44. The molecule has 1 amide bonds. The van der Waals surface area contributed by atoms with Gasteiger partial charge in [0.2, 0.25) is 0 Å². The molecule has 1 aliphatic rings. The van der Waals surface area contributed by atoms with Crippen molar-refractivity contribution in [3.63, 3.8) is 0 Å². The molecule has 144 valence electrons. The fourth-order valence-electron chi connectivity index (χ4n) is 3.06. The first kappa shape index (κ1) is 19.9. The molecule has 2 rings (SSSR count). The van der Waals surface area contributed by atoms with Crippen molar-refractivity contribution < 1.29 is 14.3 Å². The minimum absolute atomic E-state index is 0.235. The molecule has 1 fully saturated rings. The predicted octanol–water partition coefficient (Wildman–Crippen LogP) is 1.90. The lowest BCUT2D eigenvalue weighted by atomic mass is 10.1. The van der Waals surface area contributed by atoms with E-state index in [4.69, 9.17) is 9.47 Å². The van der Waals surface area contributed by atoms with Gasteiger partial charge in [0.15, 0.2) is 5.96 Å². The molecule has 1 aliphatic heterocycles. The van der Waals surface area contributed by atoms with E-state index in [9.17, 15) is 4.79 Å². The normalized spacial score (nSPS) is 15.0. The van der Waals surface area contributed by atoms with Crippen LogP contribution in [0.1, 0.15) is 18.1 Å². The molecule has 1 aromatic carbocycles. The van der Waals surface area contributed by atoms with Gasteiger partial charge in [0.05, 0.1) is 13.7 Å². The number of hydrogen-bond acceptors (Lipinski definition) is 4. The number of nitrogens with one attached hydrogen (secondary N) is 1. The molecule has 7 nitrogen and oxygen atoms in total. The molecule has 0 saturated carbocycles. The lowest BCUT2D eigenvalue weighted by Gasteiger charge is -2.35. The molecule has 1 heterocycles. The van der Waals surface area contributed by atoms with E-state index >= 15 is 0 Å². The molecular formula is C19H30N4O3. The van der Waals surface area contributed by atoms with Gasteiger partial charge in [0.25, 0.3) is 0 Å². The van der Waals surface area contributed by atoms with Gasteiger partial charge >= 0.3 is 6.09 Å². The quantitative estimate of drug-likeness (QED) is 0.640. The number of hydrogen-bond donors (Lipinski definition) is 1. The highest BCUT2D eigenvalue weighted by Gasteiger charge is 2.23. The van der Waals surface area contributed by atoms with Crippen LogP contribution in [0.2, 0.25) is 0 Å². The zero-order chi connectivity index (χ0) is 18.9. The lowest BCUT2D eigenvalue weighted by Crippen LogP contribution is -2.54. The van der Waals surface area contributed by atoms with Crippen LogP contribution >= 0.6 is 0 Å². The Balaban J connectivity index is 1.84. The molecule has 0 unspecified atom stereocenters. The summed E-state index contributed by atoms with van der Waals surface area (Å²) >= 11 is 0. The number of nitrogens with zero attached hydrogens (tertiary/aromatic N) is 3. The maximum absolute atomic E-state index is 11.8. The van der Waals surface area contributed by atoms with Crippen molar-refractivity contribution in [2.75, 3.05) is 53.5 Å². The van der Waals surface area contributed by atoms with E-state index < -0.39 is 0 Å². The van der Waals surface area contributed by atoms with E-state index in [0.717, 1.165) is 37.8 Å². The molecule has 0 aliphatic carbocycles. The Labute approximate surface area is 156 Å². The van der Waals surface area contributed by atoms with Gasteiger partial charge < -0.3 is 24.6 Å². The summed E-state index contributed by atoms with van der Waals surface area (Å²) < 4.78 is 10.5. The smallest absolute Gasteiger partial charge is 0.409 e. The first-order valence-corrected chi connectivity index (χ1v) is 9.09. The molecule has 0 radical (unpaired) electrons. The minimum Gasteiger partial charge on any atom is -0.496 e. The van der Waals surface area contributed by atoms with Crippen molar-refractivity contribution in [1.29, 1.82) is 0 Å². The van der Waals surface area contributed by atoms with Crippen LogP contribution in [0.25, 0.3) is 0 Å². The summed E-state index contributed by atoms with van der Waals surface area (Å²) in [5.41, 5.74) is 2.41. The molecule has 0 bridgehead atoms. The van der Waals surface area contributed by atoms with E-state index in [1.165, 1.54) is 11.1 Å². The van der Waals surface area contributed by atoms with Crippen molar-refractivity contribution in [3.05, 3.63) is 29.3 Å². The molecule has 0 atom stereocenters. The van der Waals surface area contributed by atoms with Crippen molar-refractivity contribution in [1.82, 2.24) is 15.1 Å². The second kappa shape index (κ2) is 9.89. The minimum atomic E-state index is -0.235. The van der Waals surface area contributed by atoms with Crippen LogP contribution in [-0.4, -0.2) is 75.3 Å². The number of aliphatic imine (C=N–C) groups is 1. The Morgan fingerprint density at radius 3 is 2.54 bits per heavy atom. The highest BCUT2D eigenvalue weighted by molar-refractivity contribution is 5.80. The predicted molar refractivity (Wildman–Crippen MR) is 103 cm³/mol. The van der Waals surface area contributed by atoms with Crippen molar-refractivity contribution in [2.24, 2.45) is 4.99 Å². The van der Waals surface area contributed by atoms with Crippen molar-refractivity contribution >= 4 is 12.1 Å². The van der Waals surface area contributed by atoms with Gasteiger partial charge in [-0.1, -0.05) is 17.7 Å². The van der Waals surface area contributed by atoms with Gasteiger partial charge in [0, 0.05) is 39.8 Å². The van der Waals surface area contributed by atoms with Crippen LogP contribution in [0.3, 0.4) is 0 Å². The third kappa shape index (κ3) is 5.28.